The first-order valence-corrected chi connectivity index (χ1v) is 6.20. The minimum Gasteiger partial charge on any atom is -0.324 e. The summed E-state index contributed by atoms with van der Waals surface area (Å²) in [6.07, 6.45) is 1.51. The van der Waals surface area contributed by atoms with Gasteiger partial charge >= 0.3 is 0 Å². The summed E-state index contributed by atoms with van der Waals surface area (Å²) in [7, 11) is 0. The fourth-order valence-corrected chi connectivity index (χ4v) is 1.92. The van der Waals surface area contributed by atoms with Gasteiger partial charge in [0.05, 0.1) is 16.6 Å². The standard InChI is InChI=1S/C12H15ClN4O/c1-2-4-8(14)11(18)17-12-15-9-6-3-5-7(13)10(9)16-12/h3,5-6,8H,2,4,14H2,1H3,(H2,15,16,17,18). The van der Waals surface area contributed by atoms with Crippen LogP contribution in [0.4, 0.5) is 5.95 Å². The molecule has 2 rings (SSSR count). The van der Waals surface area contributed by atoms with Gasteiger partial charge in [0.2, 0.25) is 11.9 Å². The number of hydrogen-bond acceptors (Lipinski definition) is 3. The molecule has 0 saturated heterocycles. The highest BCUT2D eigenvalue weighted by atomic mass is 35.5. The van der Waals surface area contributed by atoms with Crippen LogP contribution in [-0.2, 0) is 4.79 Å². The fraction of sp³-hybridized carbons (Fsp3) is 0.333. The van der Waals surface area contributed by atoms with Crippen molar-refractivity contribution < 1.29 is 4.79 Å². The number of nitrogens with zero attached hydrogens (tertiary/aromatic N) is 1. The van der Waals surface area contributed by atoms with Crippen molar-refractivity contribution in [1.82, 2.24) is 9.97 Å². The van der Waals surface area contributed by atoms with Crippen LogP contribution in [0.5, 0.6) is 0 Å². The number of halogens is 1. The van der Waals surface area contributed by atoms with Gasteiger partial charge < -0.3 is 10.7 Å². The maximum atomic E-state index is 11.7. The highest BCUT2D eigenvalue weighted by molar-refractivity contribution is 6.35. The molecule has 1 aromatic carbocycles. The van der Waals surface area contributed by atoms with Gasteiger partial charge in [-0.2, -0.15) is 0 Å². The third-order valence-electron chi connectivity index (χ3n) is 2.64. The van der Waals surface area contributed by atoms with Crippen molar-refractivity contribution in [2.24, 2.45) is 5.73 Å². The quantitative estimate of drug-likeness (QED) is 0.794. The summed E-state index contributed by atoms with van der Waals surface area (Å²) in [5, 5.41) is 3.20. The number of nitrogens with two attached hydrogens (primary N) is 1. The molecule has 2 aromatic rings. The predicted octanol–water partition coefficient (Wildman–Crippen LogP) is 2.28. The van der Waals surface area contributed by atoms with Crippen molar-refractivity contribution in [2.45, 2.75) is 25.8 Å². The molecule has 0 aliphatic carbocycles. The molecule has 1 aromatic heterocycles. The van der Waals surface area contributed by atoms with Crippen LogP contribution in [0, 0.1) is 0 Å². The van der Waals surface area contributed by atoms with Crippen molar-refractivity contribution in [3.05, 3.63) is 23.2 Å². The van der Waals surface area contributed by atoms with Gasteiger partial charge in [0.15, 0.2) is 0 Å². The monoisotopic (exact) mass is 266 g/mol. The molecule has 0 aliphatic heterocycles. The van der Waals surface area contributed by atoms with Crippen LogP contribution >= 0.6 is 11.6 Å². The molecule has 0 spiro atoms. The Balaban J connectivity index is 2.17. The van der Waals surface area contributed by atoms with Gasteiger partial charge in [-0.05, 0) is 18.6 Å². The van der Waals surface area contributed by atoms with Crippen LogP contribution in [0.15, 0.2) is 18.2 Å². The van der Waals surface area contributed by atoms with Gasteiger partial charge in [-0.25, -0.2) is 4.98 Å². The number of para-hydroxylation sites is 1. The van der Waals surface area contributed by atoms with Gasteiger partial charge in [0, 0.05) is 0 Å². The van der Waals surface area contributed by atoms with Gasteiger partial charge in [0.1, 0.15) is 5.52 Å². The van der Waals surface area contributed by atoms with Crippen LogP contribution in [-0.4, -0.2) is 21.9 Å². The first-order valence-electron chi connectivity index (χ1n) is 5.82. The number of amides is 1. The SMILES string of the molecule is CCCC(N)C(=O)Nc1nc2c(Cl)cccc2[nH]1. The number of rotatable bonds is 4. The number of hydrogen-bond donors (Lipinski definition) is 3. The molecule has 1 heterocycles. The number of nitrogens with one attached hydrogen (secondary N) is 2. The molecule has 1 unspecified atom stereocenters. The Bertz CT molecular complexity index is 566. The van der Waals surface area contributed by atoms with Gasteiger partial charge in [0.25, 0.3) is 0 Å². The number of H-pyrrole nitrogens is 1. The maximum absolute atomic E-state index is 11.7. The topological polar surface area (TPSA) is 83.8 Å². The average molecular weight is 267 g/mol. The molecule has 0 fully saturated rings. The van der Waals surface area contributed by atoms with E-state index in [9.17, 15) is 4.79 Å². The Morgan fingerprint density at radius 2 is 2.39 bits per heavy atom. The Kier molecular flexibility index (Phi) is 3.84. The lowest BCUT2D eigenvalue weighted by Crippen LogP contribution is -2.35. The highest BCUT2D eigenvalue weighted by Gasteiger charge is 2.14. The highest BCUT2D eigenvalue weighted by Crippen LogP contribution is 2.22. The van der Waals surface area contributed by atoms with E-state index in [0.717, 1.165) is 11.9 Å². The largest absolute Gasteiger partial charge is 0.324 e. The van der Waals surface area contributed by atoms with Crippen LogP contribution in [0.2, 0.25) is 5.02 Å². The lowest BCUT2D eigenvalue weighted by Gasteiger charge is -2.08. The fourth-order valence-electron chi connectivity index (χ4n) is 1.71. The summed E-state index contributed by atoms with van der Waals surface area (Å²) in [4.78, 5) is 18.9. The number of aromatic nitrogens is 2. The minimum absolute atomic E-state index is 0.243. The molecule has 0 bridgehead atoms. The van der Waals surface area contributed by atoms with Crippen molar-refractivity contribution in [1.29, 1.82) is 0 Å². The van der Waals surface area contributed by atoms with E-state index in [4.69, 9.17) is 17.3 Å². The van der Waals surface area contributed by atoms with Crippen molar-refractivity contribution >= 4 is 34.5 Å². The van der Waals surface area contributed by atoms with Crippen molar-refractivity contribution in [2.75, 3.05) is 5.32 Å². The van der Waals surface area contributed by atoms with Crippen molar-refractivity contribution in [3.8, 4) is 0 Å². The van der Waals surface area contributed by atoms with E-state index in [1.165, 1.54) is 0 Å². The number of anilines is 1. The molecule has 96 valence electrons. The zero-order valence-corrected chi connectivity index (χ0v) is 10.8. The van der Waals surface area contributed by atoms with E-state index < -0.39 is 6.04 Å². The van der Waals surface area contributed by atoms with E-state index in [2.05, 4.69) is 15.3 Å². The summed E-state index contributed by atoms with van der Waals surface area (Å²) in [6.45, 7) is 1.98. The molecule has 0 radical (unpaired) electrons. The molecular weight excluding hydrogens is 252 g/mol. The molecule has 0 aliphatic rings. The Morgan fingerprint density at radius 1 is 1.61 bits per heavy atom. The Morgan fingerprint density at radius 3 is 3.06 bits per heavy atom. The van der Waals surface area contributed by atoms with Gasteiger partial charge in [-0.3, -0.25) is 10.1 Å². The molecular formula is C12H15ClN4O. The van der Waals surface area contributed by atoms with E-state index in [-0.39, 0.29) is 5.91 Å². The second-order valence-corrected chi connectivity index (χ2v) is 4.51. The second kappa shape index (κ2) is 5.37. The van der Waals surface area contributed by atoms with E-state index in [1.807, 2.05) is 19.1 Å². The summed E-state index contributed by atoms with van der Waals surface area (Å²) < 4.78 is 0. The van der Waals surface area contributed by atoms with Crippen LogP contribution in [0.1, 0.15) is 19.8 Å². The number of aromatic amines is 1. The van der Waals surface area contributed by atoms with Gasteiger partial charge in [-0.15, -0.1) is 0 Å². The maximum Gasteiger partial charge on any atom is 0.243 e. The molecule has 4 N–H and O–H groups in total. The summed E-state index contributed by atoms with van der Waals surface area (Å²) >= 11 is 6.00. The third-order valence-corrected chi connectivity index (χ3v) is 2.95. The van der Waals surface area contributed by atoms with Crippen LogP contribution < -0.4 is 11.1 Å². The lowest BCUT2D eigenvalue weighted by molar-refractivity contribution is -0.117. The normalized spacial score (nSPS) is 12.6. The van der Waals surface area contributed by atoms with Crippen molar-refractivity contribution in [3.63, 3.8) is 0 Å². The molecule has 5 nitrogen and oxygen atoms in total. The zero-order chi connectivity index (χ0) is 13.1. The molecule has 18 heavy (non-hydrogen) atoms. The molecule has 1 amide bonds. The van der Waals surface area contributed by atoms with Crippen LogP contribution in [0.25, 0.3) is 11.0 Å². The Hall–Kier alpha value is -1.59. The van der Waals surface area contributed by atoms with E-state index >= 15 is 0 Å². The summed E-state index contributed by atoms with van der Waals surface area (Å²) in [5.41, 5.74) is 7.14. The minimum atomic E-state index is -0.515. The lowest BCUT2D eigenvalue weighted by atomic mass is 10.2. The third kappa shape index (κ3) is 2.63. The Labute approximate surface area is 110 Å². The number of carbonyl (C=O) groups is 1. The number of fused-ring (bicyclic) bond motifs is 1. The van der Waals surface area contributed by atoms with Crippen LogP contribution in [0.3, 0.4) is 0 Å². The zero-order valence-electron chi connectivity index (χ0n) is 10.0. The molecule has 6 heteroatoms. The first kappa shape index (κ1) is 12.9. The number of benzene rings is 1. The number of imidazole rings is 1. The summed E-state index contributed by atoms with van der Waals surface area (Å²) in [5.74, 6) is 0.127. The second-order valence-electron chi connectivity index (χ2n) is 4.11. The molecule has 1 atom stereocenters. The average Bonchev–Trinajstić information content (AvgIpc) is 2.73. The summed E-state index contributed by atoms with van der Waals surface area (Å²) in [6, 6.07) is 4.89. The predicted molar refractivity (Wildman–Crippen MR) is 72.6 cm³/mol. The first-order chi connectivity index (χ1) is 8.61. The number of carbonyl (C=O) groups excluding carboxylic acids is 1. The molecule has 0 saturated carbocycles. The smallest absolute Gasteiger partial charge is 0.243 e. The van der Waals surface area contributed by atoms with E-state index in [1.54, 1.807) is 6.07 Å². The van der Waals surface area contributed by atoms with Gasteiger partial charge in [-0.1, -0.05) is 31.0 Å². The van der Waals surface area contributed by atoms with E-state index in [0.29, 0.717) is 22.9 Å².